The summed E-state index contributed by atoms with van der Waals surface area (Å²) in [5.41, 5.74) is 1.26. The van der Waals surface area contributed by atoms with Crippen LogP contribution in [0.25, 0.3) is 0 Å². The normalized spacial score (nSPS) is 20.8. The van der Waals surface area contributed by atoms with Gasteiger partial charge in [-0.25, -0.2) is 0 Å². The predicted octanol–water partition coefficient (Wildman–Crippen LogP) is 3.14. The molecular formula is C13H16BrNO. The Morgan fingerprint density at radius 3 is 2.75 bits per heavy atom. The maximum absolute atomic E-state index is 11.8. The highest BCUT2D eigenvalue weighted by Crippen LogP contribution is 2.30. The lowest BCUT2D eigenvalue weighted by molar-refractivity contribution is -0.132. The van der Waals surface area contributed by atoms with E-state index in [1.54, 1.807) is 0 Å². The molecule has 1 unspecified atom stereocenters. The van der Waals surface area contributed by atoms with Crippen LogP contribution in [0.15, 0.2) is 30.3 Å². The SMILES string of the molecule is O=C(CBr)N1CCCCC1c1ccccc1. The van der Waals surface area contributed by atoms with Crippen molar-refractivity contribution < 1.29 is 4.79 Å². The molecule has 86 valence electrons. The number of piperidine rings is 1. The lowest BCUT2D eigenvalue weighted by atomic mass is 9.95. The Balaban J connectivity index is 2.20. The van der Waals surface area contributed by atoms with Gasteiger partial charge in [0.2, 0.25) is 5.91 Å². The van der Waals surface area contributed by atoms with Gasteiger partial charge in [0.05, 0.1) is 11.4 Å². The van der Waals surface area contributed by atoms with Gasteiger partial charge < -0.3 is 4.90 Å². The lowest BCUT2D eigenvalue weighted by Crippen LogP contribution is -2.39. The van der Waals surface area contributed by atoms with Gasteiger partial charge in [0.25, 0.3) is 0 Å². The van der Waals surface area contributed by atoms with Gasteiger partial charge >= 0.3 is 0 Å². The maximum atomic E-state index is 11.8. The molecule has 3 heteroatoms. The number of halogens is 1. The van der Waals surface area contributed by atoms with Crippen molar-refractivity contribution in [2.24, 2.45) is 0 Å². The first-order chi connectivity index (χ1) is 7.83. The van der Waals surface area contributed by atoms with E-state index in [0.29, 0.717) is 5.33 Å². The van der Waals surface area contributed by atoms with E-state index in [1.165, 1.54) is 12.0 Å². The topological polar surface area (TPSA) is 20.3 Å². The quantitative estimate of drug-likeness (QED) is 0.763. The molecule has 1 heterocycles. The van der Waals surface area contributed by atoms with Crippen LogP contribution in [-0.2, 0) is 4.79 Å². The summed E-state index contributed by atoms with van der Waals surface area (Å²) < 4.78 is 0. The van der Waals surface area contributed by atoms with Crippen molar-refractivity contribution in [3.05, 3.63) is 35.9 Å². The Hall–Kier alpha value is -0.830. The Bertz CT molecular complexity index is 352. The standard InChI is InChI=1S/C13H16BrNO/c14-10-13(16)15-9-5-4-8-12(15)11-6-2-1-3-7-11/h1-3,6-7,12H,4-5,8-10H2. The van der Waals surface area contributed by atoms with E-state index in [9.17, 15) is 4.79 Å². The number of alkyl halides is 1. The third kappa shape index (κ3) is 2.46. The molecular weight excluding hydrogens is 266 g/mol. The summed E-state index contributed by atoms with van der Waals surface area (Å²) in [6, 6.07) is 10.6. The summed E-state index contributed by atoms with van der Waals surface area (Å²) >= 11 is 3.26. The zero-order valence-electron chi connectivity index (χ0n) is 9.23. The summed E-state index contributed by atoms with van der Waals surface area (Å²) in [6.45, 7) is 0.893. The first-order valence-corrected chi connectivity index (χ1v) is 6.85. The van der Waals surface area contributed by atoms with Crippen LogP contribution in [0.3, 0.4) is 0 Å². The van der Waals surface area contributed by atoms with Crippen molar-refractivity contribution in [3.8, 4) is 0 Å². The first kappa shape index (κ1) is 11.6. The molecule has 1 aliphatic rings. The minimum Gasteiger partial charge on any atom is -0.335 e. The third-order valence-electron chi connectivity index (χ3n) is 3.12. The lowest BCUT2D eigenvalue weighted by Gasteiger charge is -2.35. The molecule has 0 aliphatic carbocycles. The Morgan fingerprint density at radius 2 is 2.06 bits per heavy atom. The minimum absolute atomic E-state index is 0.202. The van der Waals surface area contributed by atoms with Crippen molar-refractivity contribution in [1.82, 2.24) is 4.90 Å². The number of hydrogen-bond donors (Lipinski definition) is 0. The molecule has 0 radical (unpaired) electrons. The van der Waals surface area contributed by atoms with Crippen molar-refractivity contribution in [2.45, 2.75) is 25.3 Å². The van der Waals surface area contributed by atoms with E-state index in [1.807, 2.05) is 23.1 Å². The van der Waals surface area contributed by atoms with Gasteiger partial charge in [-0.2, -0.15) is 0 Å². The van der Waals surface area contributed by atoms with Crippen molar-refractivity contribution >= 4 is 21.8 Å². The molecule has 1 amide bonds. The van der Waals surface area contributed by atoms with Crippen molar-refractivity contribution in [2.75, 3.05) is 11.9 Å². The zero-order valence-corrected chi connectivity index (χ0v) is 10.8. The number of carbonyl (C=O) groups is 1. The first-order valence-electron chi connectivity index (χ1n) is 5.73. The highest BCUT2D eigenvalue weighted by atomic mass is 79.9. The molecule has 1 fully saturated rings. The molecule has 0 aromatic heterocycles. The van der Waals surface area contributed by atoms with Crippen LogP contribution in [0, 0.1) is 0 Å². The van der Waals surface area contributed by atoms with E-state index < -0.39 is 0 Å². The number of nitrogens with zero attached hydrogens (tertiary/aromatic N) is 1. The zero-order chi connectivity index (χ0) is 11.4. The molecule has 0 N–H and O–H groups in total. The highest BCUT2D eigenvalue weighted by Gasteiger charge is 2.26. The maximum Gasteiger partial charge on any atom is 0.233 e. The largest absolute Gasteiger partial charge is 0.335 e. The molecule has 1 aliphatic heterocycles. The van der Waals surface area contributed by atoms with Gasteiger partial charge in [0.15, 0.2) is 0 Å². The average molecular weight is 282 g/mol. The number of rotatable bonds is 2. The fraction of sp³-hybridized carbons (Fsp3) is 0.462. The van der Waals surface area contributed by atoms with Gasteiger partial charge in [-0.1, -0.05) is 46.3 Å². The van der Waals surface area contributed by atoms with Crippen LogP contribution in [0.2, 0.25) is 0 Å². The van der Waals surface area contributed by atoms with Gasteiger partial charge in [-0.15, -0.1) is 0 Å². The van der Waals surface area contributed by atoms with Crippen LogP contribution in [0.4, 0.5) is 0 Å². The van der Waals surface area contributed by atoms with E-state index >= 15 is 0 Å². The fourth-order valence-corrected chi connectivity index (χ4v) is 2.65. The average Bonchev–Trinajstić information content (AvgIpc) is 2.39. The predicted molar refractivity (Wildman–Crippen MR) is 68.5 cm³/mol. The number of benzene rings is 1. The Labute approximate surface area is 105 Å². The molecule has 2 nitrogen and oxygen atoms in total. The van der Waals surface area contributed by atoms with Crippen LogP contribution < -0.4 is 0 Å². The molecule has 1 aromatic carbocycles. The molecule has 1 saturated heterocycles. The van der Waals surface area contributed by atoms with E-state index in [0.717, 1.165) is 19.4 Å². The van der Waals surface area contributed by atoms with Crippen LogP contribution in [-0.4, -0.2) is 22.7 Å². The summed E-state index contributed by atoms with van der Waals surface area (Å²) in [5, 5.41) is 0.427. The van der Waals surface area contributed by atoms with E-state index in [-0.39, 0.29) is 11.9 Å². The minimum atomic E-state index is 0.202. The van der Waals surface area contributed by atoms with E-state index in [4.69, 9.17) is 0 Å². The number of carbonyl (C=O) groups excluding carboxylic acids is 1. The monoisotopic (exact) mass is 281 g/mol. The highest BCUT2D eigenvalue weighted by molar-refractivity contribution is 9.09. The van der Waals surface area contributed by atoms with Gasteiger partial charge in [0.1, 0.15) is 0 Å². The van der Waals surface area contributed by atoms with Gasteiger partial charge in [-0.05, 0) is 24.8 Å². The number of hydrogen-bond acceptors (Lipinski definition) is 1. The van der Waals surface area contributed by atoms with Crippen molar-refractivity contribution in [1.29, 1.82) is 0 Å². The van der Waals surface area contributed by atoms with Crippen molar-refractivity contribution in [3.63, 3.8) is 0 Å². The van der Waals surface area contributed by atoms with Crippen LogP contribution in [0.5, 0.6) is 0 Å². The number of likely N-dealkylation sites (tertiary alicyclic amines) is 1. The molecule has 1 atom stereocenters. The smallest absolute Gasteiger partial charge is 0.233 e. The summed E-state index contributed by atoms with van der Waals surface area (Å²) in [6.07, 6.45) is 3.43. The summed E-state index contributed by atoms with van der Waals surface area (Å²) in [7, 11) is 0. The summed E-state index contributed by atoms with van der Waals surface area (Å²) in [5.74, 6) is 0.202. The summed E-state index contributed by atoms with van der Waals surface area (Å²) in [4.78, 5) is 13.8. The van der Waals surface area contributed by atoms with Gasteiger partial charge in [0, 0.05) is 6.54 Å². The third-order valence-corrected chi connectivity index (χ3v) is 3.60. The molecule has 0 bridgehead atoms. The second kappa shape index (κ2) is 5.48. The Morgan fingerprint density at radius 1 is 1.31 bits per heavy atom. The second-order valence-corrected chi connectivity index (χ2v) is 4.70. The second-order valence-electron chi connectivity index (χ2n) is 4.14. The van der Waals surface area contributed by atoms with Gasteiger partial charge in [-0.3, -0.25) is 4.79 Å². The van der Waals surface area contributed by atoms with Crippen LogP contribution in [0.1, 0.15) is 30.9 Å². The Kier molecular flexibility index (Phi) is 3.99. The molecule has 16 heavy (non-hydrogen) atoms. The molecule has 1 aromatic rings. The van der Waals surface area contributed by atoms with E-state index in [2.05, 4.69) is 28.1 Å². The fourth-order valence-electron chi connectivity index (χ4n) is 2.33. The van der Waals surface area contributed by atoms with Crippen LogP contribution >= 0.6 is 15.9 Å². The molecule has 0 spiro atoms. The molecule has 2 rings (SSSR count). The number of amides is 1. The molecule has 0 saturated carbocycles.